The van der Waals surface area contributed by atoms with Crippen LogP contribution in [-0.2, 0) is 16.1 Å². The standard InChI is InChI=1S/C20H24N2O2/c1-13(2)17-10-8-16(9-11-17)12-21-19(23)20(24)22-18-14(3)6-5-7-15(18)4/h5-11,13H,12H2,1-4H3,(H,21,23)(H,22,24). The Hall–Kier alpha value is -2.62. The summed E-state index contributed by atoms with van der Waals surface area (Å²) in [6, 6.07) is 13.7. The predicted molar refractivity (Wildman–Crippen MR) is 96.9 cm³/mol. The van der Waals surface area contributed by atoms with Crippen molar-refractivity contribution in [1.82, 2.24) is 5.32 Å². The molecule has 0 saturated carbocycles. The third kappa shape index (κ3) is 4.44. The summed E-state index contributed by atoms with van der Waals surface area (Å²) < 4.78 is 0. The quantitative estimate of drug-likeness (QED) is 0.843. The molecule has 0 radical (unpaired) electrons. The molecule has 2 amide bonds. The Morgan fingerprint density at radius 3 is 2.04 bits per heavy atom. The Morgan fingerprint density at radius 1 is 0.917 bits per heavy atom. The van der Waals surface area contributed by atoms with Gasteiger partial charge in [0.2, 0.25) is 0 Å². The number of amides is 2. The summed E-state index contributed by atoms with van der Waals surface area (Å²) in [4.78, 5) is 24.1. The number of rotatable bonds is 4. The summed E-state index contributed by atoms with van der Waals surface area (Å²) in [5.74, 6) is -0.812. The van der Waals surface area contributed by atoms with Gasteiger partial charge in [0.25, 0.3) is 0 Å². The van der Waals surface area contributed by atoms with Gasteiger partial charge >= 0.3 is 11.8 Å². The molecule has 0 spiro atoms. The van der Waals surface area contributed by atoms with Gasteiger partial charge in [0.1, 0.15) is 0 Å². The first-order chi connectivity index (χ1) is 11.4. The fourth-order valence-electron chi connectivity index (χ4n) is 2.46. The maximum Gasteiger partial charge on any atom is 0.313 e. The van der Waals surface area contributed by atoms with Crippen molar-refractivity contribution in [3.8, 4) is 0 Å². The maximum absolute atomic E-state index is 12.1. The van der Waals surface area contributed by atoms with Crippen molar-refractivity contribution < 1.29 is 9.59 Å². The number of nitrogens with one attached hydrogen (secondary N) is 2. The minimum absolute atomic E-state index is 0.331. The Balaban J connectivity index is 1.93. The number of aryl methyl sites for hydroxylation is 2. The van der Waals surface area contributed by atoms with E-state index in [4.69, 9.17) is 0 Å². The summed E-state index contributed by atoms with van der Waals surface area (Å²) in [6.45, 7) is 8.40. The van der Waals surface area contributed by atoms with Gasteiger partial charge in [-0.05, 0) is 42.0 Å². The molecule has 24 heavy (non-hydrogen) atoms. The first-order valence-corrected chi connectivity index (χ1v) is 8.12. The van der Waals surface area contributed by atoms with Crippen molar-refractivity contribution in [2.75, 3.05) is 5.32 Å². The van der Waals surface area contributed by atoms with Gasteiger partial charge in [-0.15, -0.1) is 0 Å². The highest BCUT2D eigenvalue weighted by molar-refractivity contribution is 6.39. The molecule has 0 aliphatic carbocycles. The molecule has 0 unspecified atom stereocenters. The second-order valence-electron chi connectivity index (χ2n) is 6.30. The molecule has 2 N–H and O–H groups in total. The highest BCUT2D eigenvalue weighted by Gasteiger charge is 2.15. The van der Waals surface area contributed by atoms with Crippen LogP contribution in [0.2, 0.25) is 0 Å². The largest absolute Gasteiger partial charge is 0.344 e. The van der Waals surface area contributed by atoms with Crippen LogP contribution in [0.5, 0.6) is 0 Å². The predicted octanol–water partition coefficient (Wildman–Crippen LogP) is 3.68. The molecule has 2 rings (SSSR count). The van der Waals surface area contributed by atoms with E-state index in [2.05, 4.69) is 24.5 Å². The second kappa shape index (κ2) is 7.77. The van der Waals surface area contributed by atoms with Crippen molar-refractivity contribution in [2.24, 2.45) is 0 Å². The second-order valence-corrected chi connectivity index (χ2v) is 6.30. The number of para-hydroxylation sites is 1. The Kier molecular flexibility index (Phi) is 5.74. The zero-order valence-electron chi connectivity index (χ0n) is 14.6. The van der Waals surface area contributed by atoms with Gasteiger partial charge in [-0.3, -0.25) is 9.59 Å². The molecule has 2 aromatic carbocycles. The van der Waals surface area contributed by atoms with E-state index in [9.17, 15) is 9.59 Å². The van der Waals surface area contributed by atoms with Crippen LogP contribution in [0.3, 0.4) is 0 Å². The number of anilines is 1. The van der Waals surface area contributed by atoms with Crippen molar-refractivity contribution >= 4 is 17.5 Å². The van der Waals surface area contributed by atoms with Crippen LogP contribution < -0.4 is 10.6 Å². The van der Waals surface area contributed by atoms with E-state index < -0.39 is 11.8 Å². The van der Waals surface area contributed by atoms with Crippen molar-refractivity contribution in [3.63, 3.8) is 0 Å². The first kappa shape index (κ1) is 17.7. The van der Waals surface area contributed by atoms with Crippen molar-refractivity contribution in [3.05, 3.63) is 64.7 Å². The lowest BCUT2D eigenvalue weighted by Gasteiger charge is -2.11. The minimum atomic E-state index is -0.647. The molecule has 0 bridgehead atoms. The van der Waals surface area contributed by atoms with E-state index in [1.54, 1.807) is 0 Å². The van der Waals surface area contributed by atoms with Crippen LogP contribution in [0.15, 0.2) is 42.5 Å². The third-order valence-electron chi connectivity index (χ3n) is 4.03. The average Bonchev–Trinajstić information content (AvgIpc) is 2.56. The number of carbonyl (C=O) groups is 2. The van der Waals surface area contributed by atoms with E-state index in [0.29, 0.717) is 18.2 Å². The molecule has 0 fully saturated rings. The van der Waals surface area contributed by atoms with Gasteiger partial charge < -0.3 is 10.6 Å². The molecule has 2 aromatic rings. The van der Waals surface area contributed by atoms with Crippen LogP contribution in [0.1, 0.15) is 42.0 Å². The van der Waals surface area contributed by atoms with E-state index in [1.807, 2.05) is 56.3 Å². The topological polar surface area (TPSA) is 58.2 Å². The lowest BCUT2D eigenvalue weighted by atomic mass is 10.0. The Bertz CT molecular complexity index is 714. The van der Waals surface area contributed by atoms with E-state index in [0.717, 1.165) is 16.7 Å². The summed E-state index contributed by atoms with van der Waals surface area (Å²) in [5.41, 5.74) is 4.77. The van der Waals surface area contributed by atoms with Gasteiger partial charge in [-0.1, -0.05) is 56.3 Å². The number of hydrogen-bond acceptors (Lipinski definition) is 2. The first-order valence-electron chi connectivity index (χ1n) is 8.12. The van der Waals surface area contributed by atoms with Crippen LogP contribution in [-0.4, -0.2) is 11.8 Å². The van der Waals surface area contributed by atoms with Gasteiger partial charge in [0, 0.05) is 12.2 Å². The number of carbonyl (C=O) groups excluding carboxylic acids is 2. The molecule has 4 heteroatoms. The summed E-state index contributed by atoms with van der Waals surface area (Å²) in [7, 11) is 0. The van der Waals surface area contributed by atoms with Crippen LogP contribution in [0.4, 0.5) is 5.69 Å². The zero-order chi connectivity index (χ0) is 17.7. The number of hydrogen-bond donors (Lipinski definition) is 2. The van der Waals surface area contributed by atoms with E-state index in [-0.39, 0.29) is 0 Å². The summed E-state index contributed by atoms with van der Waals surface area (Å²) >= 11 is 0. The SMILES string of the molecule is Cc1cccc(C)c1NC(=O)C(=O)NCc1ccc(C(C)C)cc1. The summed E-state index contributed by atoms with van der Waals surface area (Å²) in [6.07, 6.45) is 0. The number of benzene rings is 2. The van der Waals surface area contributed by atoms with Crippen molar-refractivity contribution in [1.29, 1.82) is 0 Å². The average molecular weight is 324 g/mol. The van der Waals surface area contributed by atoms with Gasteiger partial charge in [0.15, 0.2) is 0 Å². The third-order valence-corrected chi connectivity index (χ3v) is 4.03. The van der Waals surface area contributed by atoms with E-state index in [1.165, 1.54) is 5.56 Å². The molecular weight excluding hydrogens is 300 g/mol. The van der Waals surface area contributed by atoms with Crippen LogP contribution >= 0.6 is 0 Å². The normalized spacial score (nSPS) is 10.5. The maximum atomic E-state index is 12.1. The molecule has 126 valence electrons. The highest BCUT2D eigenvalue weighted by Crippen LogP contribution is 2.19. The van der Waals surface area contributed by atoms with Crippen LogP contribution in [0.25, 0.3) is 0 Å². The van der Waals surface area contributed by atoms with Crippen molar-refractivity contribution in [2.45, 2.75) is 40.2 Å². The smallest absolute Gasteiger partial charge is 0.313 e. The fourth-order valence-corrected chi connectivity index (χ4v) is 2.46. The van der Waals surface area contributed by atoms with E-state index >= 15 is 0 Å². The molecular formula is C20H24N2O2. The fraction of sp³-hybridized carbons (Fsp3) is 0.300. The summed E-state index contributed by atoms with van der Waals surface area (Å²) in [5, 5.41) is 5.34. The van der Waals surface area contributed by atoms with Gasteiger partial charge in [-0.2, -0.15) is 0 Å². The lowest BCUT2D eigenvalue weighted by Crippen LogP contribution is -2.35. The monoisotopic (exact) mass is 324 g/mol. The molecule has 0 aromatic heterocycles. The minimum Gasteiger partial charge on any atom is -0.344 e. The molecule has 0 heterocycles. The lowest BCUT2D eigenvalue weighted by molar-refractivity contribution is -0.136. The van der Waals surface area contributed by atoms with Gasteiger partial charge in [0.05, 0.1) is 0 Å². The zero-order valence-corrected chi connectivity index (χ0v) is 14.6. The molecule has 0 atom stereocenters. The highest BCUT2D eigenvalue weighted by atomic mass is 16.2. The Labute approximate surface area is 143 Å². The molecule has 0 saturated heterocycles. The molecule has 4 nitrogen and oxygen atoms in total. The Morgan fingerprint density at radius 2 is 1.50 bits per heavy atom. The van der Waals surface area contributed by atoms with Crippen LogP contribution in [0, 0.1) is 13.8 Å². The van der Waals surface area contributed by atoms with Gasteiger partial charge in [-0.25, -0.2) is 0 Å². The molecule has 0 aliphatic rings. The molecule has 0 aliphatic heterocycles.